The van der Waals surface area contributed by atoms with Gasteiger partial charge < -0.3 is 9.16 Å². The Labute approximate surface area is 214 Å². The van der Waals surface area contributed by atoms with E-state index in [1.54, 1.807) is 6.08 Å². The van der Waals surface area contributed by atoms with E-state index in [0.717, 1.165) is 19.4 Å². The summed E-state index contributed by atoms with van der Waals surface area (Å²) in [6, 6.07) is 21.8. The van der Waals surface area contributed by atoms with Crippen molar-refractivity contribution in [2.24, 2.45) is 22.7 Å². The molecule has 3 nitrogen and oxygen atoms in total. The molecule has 0 aliphatic heterocycles. The molecule has 0 bridgehead atoms. The summed E-state index contributed by atoms with van der Waals surface area (Å²) in [6.07, 6.45) is 5.84. The van der Waals surface area contributed by atoms with Crippen molar-refractivity contribution in [3.63, 3.8) is 0 Å². The number of methoxy groups -OCH3 is 1. The minimum Gasteiger partial charge on any atom is -0.466 e. The fraction of sp³-hybridized carbons (Fsp3) is 0.516. The Morgan fingerprint density at radius 2 is 1.54 bits per heavy atom. The van der Waals surface area contributed by atoms with Crippen molar-refractivity contribution in [1.82, 2.24) is 0 Å². The van der Waals surface area contributed by atoms with E-state index in [9.17, 15) is 4.79 Å². The van der Waals surface area contributed by atoms with Gasteiger partial charge in [-0.15, -0.1) is 0 Å². The van der Waals surface area contributed by atoms with Gasteiger partial charge >= 0.3 is 5.97 Å². The summed E-state index contributed by atoms with van der Waals surface area (Å²) in [7, 11) is -1.14. The van der Waals surface area contributed by atoms with Crippen LogP contribution in [0.5, 0.6) is 0 Å². The zero-order chi connectivity index (χ0) is 25.9. The van der Waals surface area contributed by atoms with Crippen molar-refractivity contribution >= 4 is 24.7 Å². The van der Waals surface area contributed by atoms with Crippen LogP contribution in [0.1, 0.15) is 61.3 Å². The third-order valence-corrected chi connectivity index (χ3v) is 14.2. The van der Waals surface area contributed by atoms with Crippen LogP contribution in [0.3, 0.4) is 0 Å². The van der Waals surface area contributed by atoms with Crippen LogP contribution in [0.4, 0.5) is 0 Å². The number of esters is 1. The second-order valence-electron chi connectivity index (χ2n) is 12.0. The molecule has 0 amide bonds. The molecule has 1 unspecified atom stereocenters. The van der Waals surface area contributed by atoms with Crippen LogP contribution in [0.2, 0.25) is 5.04 Å². The third kappa shape index (κ3) is 5.06. The van der Waals surface area contributed by atoms with Gasteiger partial charge in [0.1, 0.15) is 0 Å². The molecule has 1 aliphatic rings. The van der Waals surface area contributed by atoms with Gasteiger partial charge in [-0.2, -0.15) is 0 Å². The molecule has 4 heteroatoms. The first-order valence-corrected chi connectivity index (χ1v) is 14.8. The summed E-state index contributed by atoms with van der Waals surface area (Å²) in [6.45, 7) is 17.1. The minimum atomic E-state index is -2.56. The van der Waals surface area contributed by atoms with E-state index < -0.39 is 8.32 Å². The quantitative estimate of drug-likeness (QED) is 0.244. The van der Waals surface area contributed by atoms with Crippen LogP contribution >= 0.6 is 0 Å². The van der Waals surface area contributed by atoms with Crippen LogP contribution in [-0.4, -0.2) is 28.0 Å². The molecule has 190 valence electrons. The zero-order valence-corrected chi connectivity index (χ0v) is 23.9. The molecular formula is C31H44O3Si. The molecule has 2 aromatic rings. The normalized spacial score (nSPS) is 23.4. The first kappa shape index (κ1) is 27.4. The van der Waals surface area contributed by atoms with Crippen molar-refractivity contribution < 1.29 is 14.0 Å². The summed E-state index contributed by atoms with van der Waals surface area (Å²) in [5.74, 6) is 0.403. The summed E-state index contributed by atoms with van der Waals surface area (Å²) < 4.78 is 12.1. The van der Waals surface area contributed by atoms with E-state index in [1.807, 2.05) is 6.08 Å². The summed E-state index contributed by atoms with van der Waals surface area (Å²) in [5.41, 5.74) is 0.120. The molecule has 1 aliphatic carbocycles. The number of carbonyl (C=O) groups excluding carboxylic acids is 1. The maximum atomic E-state index is 11.7. The second kappa shape index (κ2) is 10.4. The molecule has 1 saturated carbocycles. The molecule has 3 rings (SSSR count). The van der Waals surface area contributed by atoms with Crippen molar-refractivity contribution in [3.05, 3.63) is 72.8 Å². The molecule has 2 aromatic carbocycles. The number of ether oxygens (including phenoxy) is 1. The predicted molar refractivity (Wildman–Crippen MR) is 149 cm³/mol. The lowest BCUT2D eigenvalue weighted by atomic mass is 9.60. The Balaban J connectivity index is 1.95. The Morgan fingerprint density at radius 1 is 1.03 bits per heavy atom. The Bertz CT molecular complexity index is 967. The number of rotatable bonds is 8. The minimum absolute atomic E-state index is 0.0295. The molecule has 1 fully saturated rings. The van der Waals surface area contributed by atoms with Gasteiger partial charge in [-0.1, -0.05) is 115 Å². The Kier molecular flexibility index (Phi) is 8.18. The fourth-order valence-electron chi connectivity index (χ4n) is 6.22. The summed E-state index contributed by atoms with van der Waals surface area (Å²) >= 11 is 0. The number of hydrogen-bond acceptors (Lipinski definition) is 3. The van der Waals surface area contributed by atoms with Gasteiger partial charge in [0, 0.05) is 12.7 Å². The van der Waals surface area contributed by atoms with Gasteiger partial charge in [-0.25, -0.2) is 4.79 Å². The van der Waals surface area contributed by atoms with Gasteiger partial charge in [0.05, 0.1) is 7.11 Å². The van der Waals surface area contributed by atoms with Crippen LogP contribution in [0.15, 0.2) is 72.8 Å². The van der Waals surface area contributed by atoms with Crippen molar-refractivity contribution in [3.8, 4) is 0 Å². The van der Waals surface area contributed by atoms with Gasteiger partial charge in [-0.3, -0.25) is 0 Å². The van der Waals surface area contributed by atoms with Crippen LogP contribution in [0, 0.1) is 22.7 Å². The van der Waals surface area contributed by atoms with Crippen LogP contribution < -0.4 is 10.4 Å². The number of carbonyl (C=O) groups is 1. The van der Waals surface area contributed by atoms with Crippen molar-refractivity contribution in [2.45, 2.75) is 66.3 Å². The number of benzene rings is 2. The molecule has 3 atom stereocenters. The van der Waals surface area contributed by atoms with Crippen molar-refractivity contribution in [1.29, 1.82) is 0 Å². The number of allylic oxidation sites excluding steroid dienone is 1. The molecule has 0 spiro atoms. The lowest BCUT2D eigenvalue weighted by Crippen LogP contribution is -2.67. The monoisotopic (exact) mass is 492 g/mol. The van der Waals surface area contributed by atoms with Gasteiger partial charge in [0.2, 0.25) is 0 Å². The standard InChI is InChI=1S/C31H44O3Si/c1-24(19-20-28(32)33-8)31(7)22-21-25(30(31,5)6)23-34-35(29(2,3)4,26-15-11-9-12-16-26)27-17-13-10-14-18-27/h9-20,24-25H,21-23H2,1-8H3/t24?,25-,31+/m0/s1. The predicted octanol–water partition coefficient (Wildman–Crippen LogP) is 6.37. The van der Waals surface area contributed by atoms with Crippen LogP contribution in [0.25, 0.3) is 0 Å². The highest BCUT2D eigenvalue weighted by molar-refractivity contribution is 6.99. The van der Waals surface area contributed by atoms with E-state index >= 15 is 0 Å². The molecule has 35 heavy (non-hydrogen) atoms. The van der Waals surface area contributed by atoms with Crippen molar-refractivity contribution in [2.75, 3.05) is 13.7 Å². The molecule has 0 saturated heterocycles. The van der Waals surface area contributed by atoms with E-state index in [1.165, 1.54) is 17.5 Å². The Hall–Kier alpha value is -2.17. The average Bonchev–Trinajstić information content (AvgIpc) is 3.07. The van der Waals surface area contributed by atoms with E-state index in [4.69, 9.17) is 9.16 Å². The Morgan fingerprint density at radius 3 is 2.00 bits per heavy atom. The number of hydrogen-bond donors (Lipinski definition) is 0. The maximum Gasteiger partial charge on any atom is 0.330 e. The van der Waals surface area contributed by atoms with E-state index in [-0.39, 0.29) is 27.8 Å². The van der Waals surface area contributed by atoms with Crippen LogP contribution in [-0.2, 0) is 14.0 Å². The molecule has 0 N–H and O–H groups in total. The lowest BCUT2D eigenvalue weighted by Gasteiger charge is -2.47. The highest BCUT2D eigenvalue weighted by atomic mass is 28.4. The largest absolute Gasteiger partial charge is 0.466 e. The molecule has 0 heterocycles. The average molecular weight is 493 g/mol. The van der Waals surface area contributed by atoms with Gasteiger partial charge in [-0.05, 0) is 50.9 Å². The highest BCUT2D eigenvalue weighted by Crippen LogP contribution is 2.60. The first-order valence-electron chi connectivity index (χ1n) is 12.9. The first-order chi connectivity index (χ1) is 16.4. The summed E-state index contributed by atoms with van der Waals surface area (Å²) in [5, 5.41) is 2.62. The second-order valence-corrected chi connectivity index (χ2v) is 16.3. The molecular weight excluding hydrogens is 448 g/mol. The summed E-state index contributed by atoms with van der Waals surface area (Å²) in [4.78, 5) is 11.7. The van der Waals surface area contributed by atoms with E-state index in [2.05, 4.69) is 109 Å². The highest BCUT2D eigenvalue weighted by Gasteiger charge is 2.55. The van der Waals surface area contributed by atoms with E-state index in [0.29, 0.717) is 5.92 Å². The zero-order valence-electron chi connectivity index (χ0n) is 22.9. The maximum absolute atomic E-state index is 11.7. The molecule has 0 radical (unpaired) electrons. The third-order valence-electron chi connectivity index (χ3n) is 9.15. The SMILES string of the molecule is COC(=O)C=CC(C)[C@@]1(C)CC[C@@H](CO[Si](c2ccccc2)(c2ccccc2)C(C)(C)C)C1(C)C. The smallest absolute Gasteiger partial charge is 0.330 e. The fourth-order valence-corrected chi connectivity index (χ4v) is 10.8. The van der Waals surface area contributed by atoms with Gasteiger partial charge in [0.25, 0.3) is 8.32 Å². The lowest BCUT2D eigenvalue weighted by molar-refractivity contribution is -0.134. The molecule has 0 aromatic heterocycles. The topological polar surface area (TPSA) is 35.5 Å². The van der Waals surface area contributed by atoms with Gasteiger partial charge in [0.15, 0.2) is 0 Å².